The average molecular weight is 387 g/mol. The van der Waals surface area contributed by atoms with E-state index in [9.17, 15) is 9.59 Å². The second kappa shape index (κ2) is 6.84. The molecule has 142 valence electrons. The lowest BCUT2D eigenvalue weighted by atomic mass is 10.1. The van der Waals surface area contributed by atoms with Gasteiger partial charge in [-0.2, -0.15) is 0 Å². The molecule has 1 N–H and O–H groups in total. The van der Waals surface area contributed by atoms with Crippen molar-refractivity contribution < 1.29 is 19.1 Å². The molecule has 1 fully saturated rings. The molecule has 3 heterocycles. The van der Waals surface area contributed by atoms with Crippen LogP contribution in [-0.4, -0.2) is 47.3 Å². The van der Waals surface area contributed by atoms with Crippen LogP contribution in [0, 0.1) is 0 Å². The van der Waals surface area contributed by atoms with Crippen LogP contribution in [-0.2, 0) is 18.4 Å². The highest BCUT2D eigenvalue weighted by Gasteiger charge is 2.50. The fourth-order valence-electron chi connectivity index (χ4n) is 3.67. The molecule has 2 atom stereocenters. The Kier molecular flexibility index (Phi) is 4.51. The van der Waals surface area contributed by atoms with Gasteiger partial charge in [-0.05, 0) is 18.2 Å². The Morgan fingerprint density at radius 1 is 1.30 bits per heavy atom. The minimum atomic E-state index is -0.504. The van der Waals surface area contributed by atoms with Gasteiger partial charge in [-0.3, -0.25) is 9.59 Å². The molecule has 27 heavy (non-hydrogen) atoms. The quantitative estimate of drug-likeness (QED) is 0.849. The Balaban J connectivity index is 1.57. The fourth-order valence-corrected chi connectivity index (χ4v) is 5.13. The van der Waals surface area contributed by atoms with Crippen LogP contribution in [0.5, 0.6) is 11.5 Å². The molecule has 1 saturated heterocycles. The van der Waals surface area contributed by atoms with Gasteiger partial charge in [-0.25, -0.2) is 0 Å². The van der Waals surface area contributed by atoms with Crippen LogP contribution in [0.2, 0.25) is 0 Å². The summed E-state index contributed by atoms with van der Waals surface area (Å²) in [7, 11) is 4.99. The second-order valence-corrected chi connectivity index (χ2v) is 7.62. The summed E-state index contributed by atoms with van der Waals surface area (Å²) in [5.41, 5.74) is 2.38. The summed E-state index contributed by atoms with van der Waals surface area (Å²) in [6.07, 6.45) is 1.93. The third kappa shape index (κ3) is 2.75. The number of carbonyl (C=O) groups is 2. The number of hydrogen-bond donors (Lipinski definition) is 1. The van der Waals surface area contributed by atoms with E-state index in [1.165, 1.54) is 7.11 Å². The Hall–Kier alpha value is -2.61. The highest BCUT2D eigenvalue weighted by Crippen LogP contribution is 2.52. The average Bonchev–Trinajstić information content (AvgIpc) is 3.36. The van der Waals surface area contributed by atoms with Crippen molar-refractivity contribution in [3.63, 3.8) is 0 Å². The van der Waals surface area contributed by atoms with Crippen molar-refractivity contribution in [2.75, 3.05) is 20.0 Å². The van der Waals surface area contributed by atoms with E-state index >= 15 is 0 Å². The van der Waals surface area contributed by atoms with Gasteiger partial charge in [0.25, 0.3) is 5.91 Å². The number of aromatic nitrogens is 1. The molecule has 7 nitrogen and oxygen atoms in total. The molecule has 0 unspecified atom stereocenters. The Labute approximate surface area is 161 Å². The van der Waals surface area contributed by atoms with Crippen LogP contribution in [0.25, 0.3) is 0 Å². The predicted molar refractivity (Wildman–Crippen MR) is 102 cm³/mol. The SMILES string of the molecule is COc1ccc2c(c1OC)C(=O)N1[C@@H](C(=O)NCc3cccn3C)CS[C@H]21. The maximum absolute atomic E-state index is 13.1. The highest BCUT2D eigenvalue weighted by atomic mass is 32.2. The molecule has 1 aromatic heterocycles. The van der Waals surface area contributed by atoms with Crippen LogP contribution in [0.3, 0.4) is 0 Å². The summed E-state index contributed by atoms with van der Waals surface area (Å²) >= 11 is 1.60. The van der Waals surface area contributed by atoms with E-state index in [2.05, 4.69) is 5.32 Å². The number of ether oxygens (including phenoxy) is 2. The van der Waals surface area contributed by atoms with Crippen molar-refractivity contribution in [1.82, 2.24) is 14.8 Å². The van der Waals surface area contributed by atoms with E-state index < -0.39 is 6.04 Å². The molecule has 2 aromatic rings. The Bertz CT molecular complexity index is 910. The van der Waals surface area contributed by atoms with Gasteiger partial charge in [0.1, 0.15) is 11.4 Å². The molecule has 2 aliphatic heterocycles. The first kappa shape index (κ1) is 17.8. The lowest BCUT2D eigenvalue weighted by Crippen LogP contribution is -2.45. The Morgan fingerprint density at radius 2 is 2.11 bits per heavy atom. The molecule has 1 aromatic carbocycles. The largest absolute Gasteiger partial charge is 0.493 e. The molecular formula is C19H21N3O4S. The van der Waals surface area contributed by atoms with Crippen LogP contribution in [0.15, 0.2) is 30.5 Å². The predicted octanol–water partition coefficient (Wildman–Crippen LogP) is 1.93. The van der Waals surface area contributed by atoms with Crippen LogP contribution >= 0.6 is 11.8 Å². The zero-order chi connectivity index (χ0) is 19.1. The van der Waals surface area contributed by atoms with E-state index in [4.69, 9.17) is 9.47 Å². The van der Waals surface area contributed by atoms with Crippen molar-refractivity contribution in [2.45, 2.75) is 18.0 Å². The minimum absolute atomic E-state index is 0.140. The monoisotopic (exact) mass is 387 g/mol. The third-order valence-corrected chi connectivity index (χ3v) is 6.40. The summed E-state index contributed by atoms with van der Waals surface area (Å²) in [5, 5.41) is 2.79. The van der Waals surface area contributed by atoms with Crippen LogP contribution in [0.1, 0.15) is 27.0 Å². The maximum atomic E-state index is 13.1. The van der Waals surface area contributed by atoms with Crippen molar-refractivity contribution in [3.05, 3.63) is 47.3 Å². The number of nitrogens with one attached hydrogen (secondary N) is 1. The molecular weight excluding hydrogens is 366 g/mol. The van der Waals surface area contributed by atoms with Crippen molar-refractivity contribution in [2.24, 2.45) is 7.05 Å². The molecule has 2 aliphatic rings. The van der Waals surface area contributed by atoms with Gasteiger partial charge in [-0.1, -0.05) is 6.07 Å². The summed E-state index contributed by atoms with van der Waals surface area (Å²) in [6, 6.07) is 7.08. The number of rotatable bonds is 5. The highest BCUT2D eigenvalue weighted by molar-refractivity contribution is 7.99. The van der Waals surface area contributed by atoms with Crippen LogP contribution in [0.4, 0.5) is 0 Å². The van der Waals surface area contributed by atoms with E-state index in [0.717, 1.165) is 11.3 Å². The first-order valence-corrected chi connectivity index (χ1v) is 9.68. The van der Waals surface area contributed by atoms with Gasteiger partial charge in [0.15, 0.2) is 11.5 Å². The summed E-state index contributed by atoms with van der Waals surface area (Å²) in [5.74, 6) is 1.19. The molecule has 0 bridgehead atoms. The lowest BCUT2D eigenvalue weighted by molar-refractivity contribution is -0.124. The number of aryl methyl sites for hydroxylation is 1. The fraction of sp³-hybridized carbons (Fsp3) is 0.368. The normalized spacial score (nSPS) is 20.4. The number of thioether (sulfide) groups is 1. The summed E-state index contributed by atoms with van der Waals surface area (Å²) in [6.45, 7) is 0.431. The summed E-state index contributed by atoms with van der Waals surface area (Å²) < 4.78 is 12.7. The van der Waals surface area contributed by atoms with Gasteiger partial charge >= 0.3 is 0 Å². The van der Waals surface area contributed by atoms with Crippen molar-refractivity contribution in [1.29, 1.82) is 0 Å². The third-order valence-electron chi connectivity index (χ3n) is 5.09. The molecule has 0 aliphatic carbocycles. The number of hydrogen-bond acceptors (Lipinski definition) is 5. The van der Waals surface area contributed by atoms with Crippen molar-refractivity contribution >= 4 is 23.6 Å². The number of amides is 2. The second-order valence-electron chi connectivity index (χ2n) is 6.51. The summed E-state index contributed by atoms with van der Waals surface area (Å²) in [4.78, 5) is 27.6. The lowest BCUT2D eigenvalue weighted by Gasteiger charge is -2.22. The topological polar surface area (TPSA) is 72.8 Å². The number of fused-ring (bicyclic) bond motifs is 3. The number of benzene rings is 1. The molecule has 0 saturated carbocycles. The van der Waals surface area contributed by atoms with Crippen LogP contribution < -0.4 is 14.8 Å². The van der Waals surface area contributed by atoms with E-state index in [1.54, 1.807) is 29.8 Å². The van der Waals surface area contributed by atoms with Gasteiger partial charge in [0.2, 0.25) is 5.91 Å². The first-order chi connectivity index (χ1) is 13.1. The van der Waals surface area contributed by atoms with Crippen molar-refractivity contribution in [3.8, 4) is 11.5 Å². The number of nitrogens with zero attached hydrogens (tertiary/aromatic N) is 2. The zero-order valence-corrected chi connectivity index (χ0v) is 16.2. The maximum Gasteiger partial charge on any atom is 0.260 e. The van der Waals surface area contributed by atoms with E-state index in [0.29, 0.717) is 29.4 Å². The van der Waals surface area contributed by atoms with E-state index in [-0.39, 0.29) is 17.2 Å². The number of methoxy groups -OCH3 is 2. The van der Waals surface area contributed by atoms with Gasteiger partial charge in [0.05, 0.1) is 26.3 Å². The first-order valence-electron chi connectivity index (χ1n) is 8.64. The van der Waals surface area contributed by atoms with Gasteiger partial charge < -0.3 is 24.3 Å². The van der Waals surface area contributed by atoms with Gasteiger partial charge in [0, 0.05) is 30.3 Å². The number of carbonyl (C=O) groups excluding carboxylic acids is 2. The standard InChI is InChI=1S/C19H21N3O4S/c1-21-8-4-5-11(21)9-20-17(23)13-10-27-19-12-6-7-14(25-2)16(26-3)15(12)18(24)22(13)19/h4-8,13,19H,9-10H2,1-3H3,(H,20,23)/t13-,19-/m1/s1. The molecule has 2 amide bonds. The molecule has 0 radical (unpaired) electrons. The molecule has 8 heteroatoms. The molecule has 0 spiro atoms. The minimum Gasteiger partial charge on any atom is -0.493 e. The van der Waals surface area contributed by atoms with E-state index in [1.807, 2.05) is 36.0 Å². The van der Waals surface area contributed by atoms with Gasteiger partial charge in [-0.15, -0.1) is 11.8 Å². The smallest absolute Gasteiger partial charge is 0.260 e. The Morgan fingerprint density at radius 3 is 2.78 bits per heavy atom. The zero-order valence-electron chi connectivity index (χ0n) is 15.4. The molecule has 4 rings (SSSR count).